The molecule has 0 atom stereocenters. The molecule has 2 aromatic carbocycles. The van der Waals surface area contributed by atoms with Crippen LogP contribution in [0.1, 0.15) is 11.4 Å². The van der Waals surface area contributed by atoms with Crippen molar-refractivity contribution in [3.05, 3.63) is 70.0 Å². The Morgan fingerprint density at radius 1 is 0.630 bits per heavy atom. The number of hydrogen-bond donors (Lipinski definition) is 0. The number of hydrogen-bond acceptors (Lipinski definition) is 4. The first-order valence-corrected chi connectivity index (χ1v) is 8.58. The summed E-state index contributed by atoms with van der Waals surface area (Å²) in [7, 11) is 0. The largest absolute Gasteiger partial charge is 2.00 e. The van der Waals surface area contributed by atoms with Crippen LogP contribution in [0.3, 0.4) is 0 Å². The first-order valence-electron chi connectivity index (χ1n) is 7.82. The number of aromatic nitrogens is 2. The van der Waals surface area contributed by atoms with Gasteiger partial charge in [-0.05, 0) is 50.2 Å². The molecule has 0 N–H and O–H groups in total. The van der Waals surface area contributed by atoms with Crippen molar-refractivity contribution in [3.8, 4) is 11.5 Å². The molecule has 0 saturated heterocycles. The van der Waals surface area contributed by atoms with Crippen LogP contribution < -0.4 is 10.2 Å². The van der Waals surface area contributed by atoms with E-state index in [2.05, 4.69) is 9.97 Å². The molecule has 132 valence electrons. The predicted molar refractivity (Wildman–Crippen MR) is 102 cm³/mol. The van der Waals surface area contributed by atoms with E-state index >= 15 is 0 Å². The minimum atomic E-state index is -0.0805. The predicted octanol–water partition coefficient (Wildman–Crippen LogP) is 4.54. The molecule has 0 amide bonds. The molecular formula is C20H14Cl2N2O2Zn. The molecular weight excluding hydrogens is 437 g/mol. The van der Waals surface area contributed by atoms with Gasteiger partial charge < -0.3 is 10.2 Å². The monoisotopic (exact) mass is 448 g/mol. The van der Waals surface area contributed by atoms with Crippen molar-refractivity contribution in [2.45, 2.75) is 13.8 Å². The summed E-state index contributed by atoms with van der Waals surface area (Å²) >= 11 is 11.8. The van der Waals surface area contributed by atoms with E-state index in [-0.39, 0.29) is 31.0 Å². The Labute approximate surface area is 179 Å². The third-order valence-corrected chi connectivity index (χ3v) is 4.47. The first kappa shape index (κ1) is 21.4. The van der Waals surface area contributed by atoms with Crippen molar-refractivity contribution in [3.63, 3.8) is 0 Å². The molecule has 7 heteroatoms. The molecule has 0 aliphatic heterocycles. The van der Waals surface area contributed by atoms with Gasteiger partial charge in [-0.25, -0.2) is 0 Å². The average Bonchev–Trinajstić information content (AvgIpc) is 2.62. The number of benzene rings is 2. The van der Waals surface area contributed by atoms with E-state index in [1.807, 2.05) is 38.1 Å². The summed E-state index contributed by atoms with van der Waals surface area (Å²) in [6.45, 7) is 3.69. The number of rotatable bonds is 0. The van der Waals surface area contributed by atoms with E-state index in [0.717, 1.165) is 22.2 Å². The van der Waals surface area contributed by atoms with Crippen molar-refractivity contribution in [2.24, 2.45) is 0 Å². The van der Waals surface area contributed by atoms with E-state index in [1.165, 1.54) is 12.1 Å². The molecule has 4 aromatic rings. The average molecular weight is 451 g/mol. The van der Waals surface area contributed by atoms with Crippen molar-refractivity contribution in [2.75, 3.05) is 0 Å². The van der Waals surface area contributed by atoms with Gasteiger partial charge in [-0.15, -0.1) is 0 Å². The quantitative estimate of drug-likeness (QED) is 0.369. The van der Waals surface area contributed by atoms with Gasteiger partial charge in [0.25, 0.3) is 0 Å². The van der Waals surface area contributed by atoms with Crippen LogP contribution >= 0.6 is 23.2 Å². The molecule has 0 fully saturated rings. The van der Waals surface area contributed by atoms with Crippen LogP contribution in [0.5, 0.6) is 11.5 Å². The van der Waals surface area contributed by atoms with Crippen LogP contribution in [-0.2, 0) is 19.5 Å². The summed E-state index contributed by atoms with van der Waals surface area (Å²) in [6.07, 6.45) is 0. The van der Waals surface area contributed by atoms with E-state index in [1.54, 1.807) is 12.1 Å². The maximum atomic E-state index is 11.4. The molecule has 4 rings (SSSR count). The van der Waals surface area contributed by atoms with Crippen LogP contribution in [0.15, 0.2) is 48.5 Å². The van der Waals surface area contributed by atoms with Crippen molar-refractivity contribution < 1.29 is 29.7 Å². The minimum Gasteiger partial charge on any atom is -0.871 e. The van der Waals surface area contributed by atoms with E-state index < -0.39 is 0 Å². The third kappa shape index (κ3) is 4.67. The van der Waals surface area contributed by atoms with Crippen LogP contribution in [0, 0.1) is 13.8 Å². The number of nitrogens with zero attached hydrogens (tertiary/aromatic N) is 2. The normalized spacial score (nSPS) is 10.2. The van der Waals surface area contributed by atoms with Crippen LogP contribution in [0.25, 0.3) is 21.8 Å². The molecule has 0 aliphatic carbocycles. The summed E-state index contributed by atoms with van der Waals surface area (Å²) in [5.74, 6) is -0.161. The molecule has 0 radical (unpaired) electrons. The number of aryl methyl sites for hydroxylation is 2. The van der Waals surface area contributed by atoms with Crippen LogP contribution in [0.4, 0.5) is 0 Å². The van der Waals surface area contributed by atoms with Crippen molar-refractivity contribution in [1.29, 1.82) is 0 Å². The zero-order chi connectivity index (χ0) is 18.8. The zero-order valence-corrected chi connectivity index (χ0v) is 19.3. The maximum Gasteiger partial charge on any atom is 2.00 e. The molecule has 0 spiro atoms. The van der Waals surface area contributed by atoms with Gasteiger partial charge in [0.15, 0.2) is 0 Å². The Morgan fingerprint density at radius 3 is 1.37 bits per heavy atom. The molecule has 0 bridgehead atoms. The Bertz CT molecular complexity index is 1030. The van der Waals surface area contributed by atoms with E-state index in [0.29, 0.717) is 21.1 Å². The molecule has 2 heterocycles. The summed E-state index contributed by atoms with van der Waals surface area (Å²) < 4.78 is 0. The third-order valence-electron chi connectivity index (χ3n) is 3.81. The number of halogens is 2. The fourth-order valence-corrected chi connectivity index (χ4v) is 2.94. The number of fused-ring (bicyclic) bond motifs is 2. The fourth-order valence-electron chi connectivity index (χ4n) is 2.51. The first-order chi connectivity index (χ1) is 12.4. The molecule has 0 unspecified atom stereocenters. The molecule has 4 nitrogen and oxygen atoms in total. The maximum absolute atomic E-state index is 11.4. The standard InChI is InChI=1S/2C10H8ClNO.Zn/c2*1-6-2-3-7-8(11)4-5-9(13)10(7)12-6;/h2*2-5,13H,1H3;/q;;+2/p-2. The summed E-state index contributed by atoms with van der Waals surface area (Å²) in [6, 6.07) is 13.4. The van der Waals surface area contributed by atoms with Gasteiger partial charge in [0, 0.05) is 32.2 Å². The van der Waals surface area contributed by atoms with Crippen LogP contribution in [-0.4, -0.2) is 9.97 Å². The molecule has 27 heavy (non-hydrogen) atoms. The van der Waals surface area contributed by atoms with Gasteiger partial charge >= 0.3 is 19.5 Å². The number of pyridine rings is 2. The molecule has 0 aliphatic rings. The van der Waals surface area contributed by atoms with Crippen molar-refractivity contribution in [1.82, 2.24) is 9.97 Å². The Kier molecular flexibility index (Phi) is 6.99. The topological polar surface area (TPSA) is 71.9 Å². The van der Waals surface area contributed by atoms with Gasteiger partial charge in [0.2, 0.25) is 0 Å². The van der Waals surface area contributed by atoms with Gasteiger partial charge in [0.05, 0.1) is 11.0 Å². The summed E-state index contributed by atoms with van der Waals surface area (Å²) in [5.41, 5.74) is 2.55. The van der Waals surface area contributed by atoms with Gasteiger partial charge in [0.1, 0.15) is 0 Å². The minimum absolute atomic E-state index is 0. The Balaban J connectivity index is 0.000000187. The van der Waals surface area contributed by atoms with Gasteiger partial charge in [-0.3, -0.25) is 9.97 Å². The fraction of sp³-hybridized carbons (Fsp3) is 0.100. The van der Waals surface area contributed by atoms with Crippen molar-refractivity contribution >= 4 is 45.0 Å². The summed E-state index contributed by atoms with van der Waals surface area (Å²) in [4.78, 5) is 8.28. The van der Waals surface area contributed by atoms with Crippen LogP contribution in [0.2, 0.25) is 10.0 Å². The zero-order valence-electron chi connectivity index (χ0n) is 14.8. The van der Waals surface area contributed by atoms with E-state index in [4.69, 9.17) is 23.2 Å². The Morgan fingerprint density at radius 2 is 1.00 bits per heavy atom. The van der Waals surface area contributed by atoms with Gasteiger partial charge in [-0.2, -0.15) is 0 Å². The molecule has 2 aromatic heterocycles. The smallest absolute Gasteiger partial charge is 0.871 e. The molecule has 0 saturated carbocycles. The second kappa shape index (κ2) is 8.83. The second-order valence-corrected chi connectivity index (χ2v) is 6.60. The summed E-state index contributed by atoms with van der Waals surface area (Å²) in [5, 5.41) is 25.3. The SMILES string of the molecule is Cc1ccc2c(Cl)ccc([O-])c2n1.Cc1ccc2c(Cl)ccc([O-])c2n1.[Zn+2]. The van der Waals surface area contributed by atoms with E-state index in [9.17, 15) is 10.2 Å². The Hall–Kier alpha value is -1.94. The second-order valence-electron chi connectivity index (χ2n) is 5.79. The van der Waals surface area contributed by atoms with Gasteiger partial charge in [-0.1, -0.05) is 46.8 Å².